The Morgan fingerprint density at radius 2 is 1.23 bits per heavy atom. The van der Waals surface area contributed by atoms with Crippen molar-refractivity contribution in [1.82, 2.24) is 0 Å². The summed E-state index contributed by atoms with van der Waals surface area (Å²) in [6.45, 7) is 0. The number of hydrogen-bond donors (Lipinski definition) is 0. The molecule has 1 heteroatoms. The van der Waals surface area contributed by atoms with E-state index in [1.54, 1.807) is 30.3 Å². The number of halogens is 1. The SMILES string of the molecule is [2H]c1c([2H])c([2H])c(C2(c3c([2H])c([2H])c([2H])c([2H])c3[2H])c3ccccc3-c3ccc(Br)cc32)c([2H])c1[2H]. The molecule has 0 atom stereocenters. The van der Waals surface area contributed by atoms with Crippen LogP contribution >= 0.6 is 15.9 Å². The van der Waals surface area contributed by atoms with Crippen LogP contribution in [-0.2, 0) is 5.41 Å². The third kappa shape index (κ3) is 2.07. The molecule has 0 radical (unpaired) electrons. The summed E-state index contributed by atoms with van der Waals surface area (Å²) in [7, 11) is 0. The molecular formula is C25H17Br. The van der Waals surface area contributed by atoms with Gasteiger partial charge in [-0.15, -0.1) is 0 Å². The normalized spacial score (nSPS) is 19.3. The lowest BCUT2D eigenvalue weighted by molar-refractivity contribution is 0.768. The van der Waals surface area contributed by atoms with Crippen molar-refractivity contribution in [2.45, 2.75) is 5.41 Å². The van der Waals surface area contributed by atoms with Gasteiger partial charge < -0.3 is 0 Å². The van der Waals surface area contributed by atoms with Crippen LogP contribution in [0.1, 0.15) is 36.0 Å². The van der Waals surface area contributed by atoms with Gasteiger partial charge in [-0.25, -0.2) is 0 Å². The molecule has 0 unspecified atom stereocenters. The zero-order valence-electron chi connectivity index (χ0n) is 23.4. The molecular weight excluding hydrogens is 380 g/mol. The molecule has 0 aliphatic heterocycles. The van der Waals surface area contributed by atoms with Crippen molar-refractivity contribution in [2.24, 2.45) is 0 Å². The lowest BCUT2D eigenvalue weighted by atomic mass is 9.68. The molecule has 0 aromatic heterocycles. The van der Waals surface area contributed by atoms with Crippen molar-refractivity contribution in [3.05, 3.63) is 130 Å². The minimum atomic E-state index is -1.78. The molecule has 4 aromatic carbocycles. The second-order valence-electron chi connectivity index (χ2n) is 5.99. The Labute approximate surface area is 176 Å². The first kappa shape index (κ1) is 8.37. The van der Waals surface area contributed by atoms with Gasteiger partial charge in [0.05, 0.1) is 19.1 Å². The maximum absolute atomic E-state index is 8.86. The van der Waals surface area contributed by atoms with Crippen molar-refractivity contribution in [2.75, 3.05) is 0 Å². The summed E-state index contributed by atoms with van der Waals surface area (Å²) < 4.78 is 85.8. The molecule has 124 valence electrons. The molecule has 0 heterocycles. The first-order valence-electron chi connectivity index (χ1n) is 13.0. The molecule has 0 saturated heterocycles. The second-order valence-corrected chi connectivity index (χ2v) is 6.90. The Morgan fingerprint density at radius 1 is 0.654 bits per heavy atom. The van der Waals surface area contributed by atoms with Crippen LogP contribution in [0.25, 0.3) is 11.1 Å². The highest BCUT2D eigenvalue weighted by molar-refractivity contribution is 9.10. The Bertz CT molecular complexity index is 1480. The van der Waals surface area contributed by atoms with Crippen LogP contribution in [0.15, 0.2) is 107 Å². The fourth-order valence-electron chi connectivity index (χ4n) is 3.79. The number of rotatable bonds is 2. The lowest BCUT2D eigenvalue weighted by Crippen LogP contribution is -2.28. The van der Waals surface area contributed by atoms with Gasteiger partial charge in [0.15, 0.2) is 0 Å². The summed E-state index contributed by atoms with van der Waals surface area (Å²) in [6, 6.07) is 6.92. The topological polar surface area (TPSA) is 0 Å². The summed E-state index contributed by atoms with van der Waals surface area (Å²) in [6.07, 6.45) is 0. The first-order chi connectivity index (χ1) is 17.0. The van der Waals surface area contributed by atoms with Crippen molar-refractivity contribution in [3.63, 3.8) is 0 Å². The predicted octanol–water partition coefficient (Wildman–Crippen LogP) is 6.81. The molecule has 0 bridgehead atoms. The number of hydrogen-bond acceptors (Lipinski definition) is 0. The third-order valence-corrected chi connectivity index (χ3v) is 5.25. The van der Waals surface area contributed by atoms with Crippen LogP contribution in [0, 0.1) is 0 Å². The van der Waals surface area contributed by atoms with Gasteiger partial charge in [-0.3, -0.25) is 0 Å². The van der Waals surface area contributed by atoms with Crippen molar-refractivity contribution in [1.29, 1.82) is 0 Å². The molecule has 1 aliphatic rings. The molecule has 0 saturated carbocycles. The lowest BCUT2D eigenvalue weighted by Gasteiger charge is -2.33. The maximum Gasteiger partial charge on any atom is 0.0713 e. The van der Waals surface area contributed by atoms with Gasteiger partial charge in [0, 0.05) is 4.47 Å². The molecule has 1 aliphatic carbocycles. The van der Waals surface area contributed by atoms with Gasteiger partial charge >= 0.3 is 0 Å². The third-order valence-electron chi connectivity index (χ3n) is 4.76. The van der Waals surface area contributed by atoms with Crippen LogP contribution in [0.3, 0.4) is 0 Å². The molecule has 0 spiro atoms. The van der Waals surface area contributed by atoms with E-state index in [0.29, 0.717) is 26.7 Å². The minimum Gasteiger partial charge on any atom is -0.0622 e. The fourth-order valence-corrected chi connectivity index (χ4v) is 4.15. The van der Waals surface area contributed by atoms with Gasteiger partial charge in [-0.1, -0.05) is 107 Å². The second kappa shape index (κ2) is 5.96. The van der Waals surface area contributed by atoms with Crippen LogP contribution < -0.4 is 0 Å². The van der Waals surface area contributed by atoms with Crippen LogP contribution in [0.2, 0.25) is 0 Å². The molecule has 0 N–H and O–H groups in total. The summed E-state index contributed by atoms with van der Waals surface area (Å²) in [4.78, 5) is 0. The highest BCUT2D eigenvalue weighted by Crippen LogP contribution is 2.56. The van der Waals surface area contributed by atoms with E-state index in [2.05, 4.69) is 15.9 Å². The number of benzene rings is 4. The van der Waals surface area contributed by atoms with Gasteiger partial charge in [0.25, 0.3) is 0 Å². The Morgan fingerprint density at radius 3 is 1.88 bits per heavy atom. The largest absolute Gasteiger partial charge is 0.0713 e. The van der Waals surface area contributed by atoms with Crippen molar-refractivity contribution >= 4 is 15.9 Å². The van der Waals surface area contributed by atoms with Crippen LogP contribution in [0.5, 0.6) is 0 Å². The molecule has 5 rings (SSSR count). The van der Waals surface area contributed by atoms with Crippen LogP contribution in [0.4, 0.5) is 0 Å². The zero-order valence-corrected chi connectivity index (χ0v) is 15.0. The molecule has 0 amide bonds. The van der Waals surface area contributed by atoms with E-state index in [9.17, 15) is 0 Å². The fraction of sp³-hybridized carbons (Fsp3) is 0.0400. The molecule has 26 heavy (non-hydrogen) atoms. The maximum atomic E-state index is 8.86. The molecule has 0 fully saturated rings. The standard InChI is InChI=1S/C25H17Br/c26-20-15-16-22-21-13-7-8-14-23(21)25(24(22)17-20,18-9-3-1-4-10-18)19-11-5-2-6-12-19/h1-17H/i1D,2D,3D,4D,5D,6D,9D,10D,11D,12D. The highest BCUT2D eigenvalue weighted by atomic mass is 79.9. The summed E-state index contributed by atoms with van der Waals surface area (Å²) >= 11 is 3.47. The Hall–Kier alpha value is -2.64. The smallest absolute Gasteiger partial charge is 0.0622 e. The van der Waals surface area contributed by atoms with Crippen molar-refractivity contribution in [3.8, 4) is 11.1 Å². The average molecular weight is 407 g/mol. The average Bonchev–Trinajstić information content (AvgIpc) is 3.14. The van der Waals surface area contributed by atoms with E-state index in [0.717, 1.165) is 0 Å². The quantitative estimate of drug-likeness (QED) is 0.301. The Balaban J connectivity index is 2.16. The highest BCUT2D eigenvalue weighted by Gasteiger charge is 2.45. The van der Waals surface area contributed by atoms with E-state index in [1.165, 1.54) is 0 Å². The predicted molar refractivity (Wildman–Crippen MR) is 111 cm³/mol. The van der Waals surface area contributed by atoms with E-state index < -0.39 is 65.8 Å². The van der Waals surface area contributed by atoms with Crippen LogP contribution in [-0.4, -0.2) is 0 Å². The van der Waals surface area contributed by atoms with Gasteiger partial charge in [-0.2, -0.15) is 0 Å². The number of fused-ring (bicyclic) bond motifs is 3. The monoisotopic (exact) mass is 406 g/mol. The van der Waals surface area contributed by atoms with Gasteiger partial charge in [0.2, 0.25) is 0 Å². The van der Waals surface area contributed by atoms with Gasteiger partial charge in [-0.05, 0) is 45.5 Å². The molecule has 0 nitrogen and oxygen atoms in total. The van der Waals surface area contributed by atoms with E-state index >= 15 is 0 Å². The van der Waals surface area contributed by atoms with Gasteiger partial charge in [0.1, 0.15) is 0 Å². The minimum absolute atomic E-state index is 0.170. The summed E-state index contributed by atoms with van der Waals surface area (Å²) in [5.41, 5.74) is 0.153. The molecule has 4 aromatic rings. The van der Waals surface area contributed by atoms with E-state index in [-0.39, 0.29) is 11.1 Å². The Kier molecular flexibility index (Phi) is 1.92. The summed E-state index contributed by atoms with van der Waals surface area (Å²) in [5, 5.41) is 0. The summed E-state index contributed by atoms with van der Waals surface area (Å²) in [5.74, 6) is 0. The zero-order chi connectivity index (χ0) is 26.3. The van der Waals surface area contributed by atoms with E-state index in [4.69, 9.17) is 13.7 Å². The van der Waals surface area contributed by atoms with E-state index in [1.807, 2.05) is 12.1 Å². The first-order valence-corrected chi connectivity index (χ1v) is 8.80. The van der Waals surface area contributed by atoms with Crippen molar-refractivity contribution < 1.29 is 13.7 Å².